The van der Waals surface area contributed by atoms with Gasteiger partial charge in [0.15, 0.2) is 0 Å². The fraction of sp³-hybridized carbons (Fsp3) is 0.769. The molecule has 2 unspecified atom stereocenters. The molecule has 2 rings (SSSR count). The highest BCUT2D eigenvalue weighted by molar-refractivity contribution is 9.10. The zero-order valence-corrected chi connectivity index (χ0v) is 13.8. The van der Waals surface area contributed by atoms with Crippen molar-refractivity contribution in [2.75, 3.05) is 0 Å². The first-order chi connectivity index (χ1) is 8.37. The van der Waals surface area contributed by atoms with Crippen molar-refractivity contribution >= 4 is 27.5 Å². The molecule has 18 heavy (non-hydrogen) atoms. The summed E-state index contributed by atoms with van der Waals surface area (Å²) >= 11 is 9.87. The molecule has 0 amide bonds. The molecule has 1 heterocycles. The lowest BCUT2D eigenvalue weighted by Crippen LogP contribution is -2.57. The second-order valence-corrected chi connectivity index (χ2v) is 6.94. The van der Waals surface area contributed by atoms with Gasteiger partial charge in [0.05, 0.1) is 15.9 Å². The number of hydrogen-bond donors (Lipinski definition) is 1. The predicted molar refractivity (Wildman–Crippen MR) is 79.0 cm³/mol. The van der Waals surface area contributed by atoms with Crippen LogP contribution in [0.4, 0.5) is 0 Å². The SMILES string of the molecule is CCn1nc(C)c(Br)c1CNC1CC(Cl)C1(C)C. The van der Waals surface area contributed by atoms with Gasteiger partial charge in [-0.1, -0.05) is 13.8 Å². The van der Waals surface area contributed by atoms with Crippen LogP contribution in [0.1, 0.15) is 38.6 Å². The smallest absolute Gasteiger partial charge is 0.0739 e. The van der Waals surface area contributed by atoms with Gasteiger partial charge in [0.25, 0.3) is 0 Å². The molecule has 1 N–H and O–H groups in total. The Balaban J connectivity index is 2.03. The summed E-state index contributed by atoms with van der Waals surface area (Å²) in [6.07, 6.45) is 1.05. The van der Waals surface area contributed by atoms with Crippen LogP contribution in [0.15, 0.2) is 4.47 Å². The van der Waals surface area contributed by atoms with Crippen molar-refractivity contribution in [2.45, 2.75) is 58.6 Å². The van der Waals surface area contributed by atoms with Crippen molar-refractivity contribution in [1.29, 1.82) is 0 Å². The maximum absolute atomic E-state index is 6.24. The Bertz CT molecular complexity index is 442. The fourth-order valence-corrected chi connectivity index (χ4v) is 3.23. The molecule has 0 saturated heterocycles. The van der Waals surface area contributed by atoms with Gasteiger partial charge in [-0.25, -0.2) is 0 Å². The molecule has 1 aromatic heterocycles. The third kappa shape index (κ3) is 2.35. The highest BCUT2D eigenvalue weighted by Crippen LogP contribution is 2.44. The van der Waals surface area contributed by atoms with Gasteiger partial charge in [0.2, 0.25) is 0 Å². The summed E-state index contributed by atoms with van der Waals surface area (Å²) in [7, 11) is 0. The summed E-state index contributed by atoms with van der Waals surface area (Å²) < 4.78 is 3.17. The Morgan fingerprint density at radius 1 is 1.56 bits per heavy atom. The predicted octanol–water partition coefficient (Wildman–Crippen LogP) is 3.47. The van der Waals surface area contributed by atoms with Gasteiger partial charge in [0.1, 0.15) is 0 Å². The van der Waals surface area contributed by atoms with Gasteiger partial charge < -0.3 is 5.32 Å². The van der Waals surface area contributed by atoms with Gasteiger partial charge in [-0.3, -0.25) is 4.68 Å². The Kier molecular flexibility index (Phi) is 4.10. The summed E-state index contributed by atoms with van der Waals surface area (Å²) in [6, 6.07) is 0.493. The van der Waals surface area contributed by atoms with Crippen molar-refractivity contribution in [3.05, 3.63) is 15.9 Å². The van der Waals surface area contributed by atoms with Crippen molar-refractivity contribution in [1.82, 2.24) is 15.1 Å². The van der Waals surface area contributed by atoms with E-state index in [-0.39, 0.29) is 10.8 Å². The normalized spacial score (nSPS) is 26.1. The summed E-state index contributed by atoms with van der Waals surface area (Å²) in [5.74, 6) is 0. The van der Waals surface area contributed by atoms with Crippen LogP contribution in [-0.4, -0.2) is 21.2 Å². The highest BCUT2D eigenvalue weighted by Gasteiger charge is 2.46. The molecule has 3 nitrogen and oxygen atoms in total. The van der Waals surface area contributed by atoms with Gasteiger partial charge in [-0.05, 0) is 41.6 Å². The molecule has 1 aliphatic carbocycles. The number of rotatable bonds is 4. The summed E-state index contributed by atoms with van der Waals surface area (Å²) in [6.45, 7) is 10.3. The topological polar surface area (TPSA) is 29.9 Å². The number of hydrogen-bond acceptors (Lipinski definition) is 2. The average molecular weight is 335 g/mol. The van der Waals surface area contributed by atoms with Gasteiger partial charge in [0, 0.05) is 24.5 Å². The molecular formula is C13H21BrClN3. The third-order valence-corrected chi connectivity index (χ3v) is 5.89. The molecule has 1 saturated carbocycles. The van der Waals surface area contributed by atoms with Crippen LogP contribution in [0.3, 0.4) is 0 Å². The first kappa shape index (κ1) is 14.4. The minimum Gasteiger partial charge on any atom is -0.308 e. The van der Waals surface area contributed by atoms with E-state index < -0.39 is 0 Å². The van der Waals surface area contributed by atoms with Gasteiger partial charge in [-0.2, -0.15) is 5.10 Å². The molecule has 2 atom stereocenters. The van der Waals surface area contributed by atoms with E-state index in [0.29, 0.717) is 6.04 Å². The van der Waals surface area contributed by atoms with E-state index in [1.54, 1.807) is 0 Å². The van der Waals surface area contributed by atoms with Crippen molar-refractivity contribution in [3.63, 3.8) is 0 Å². The lowest BCUT2D eigenvalue weighted by atomic mass is 9.67. The minimum atomic E-state index is 0.181. The van der Waals surface area contributed by atoms with Crippen molar-refractivity contribution in [2.24, 2.45) is 5.41 Å². The van der Waals surface area contributed by atoms with E-state index in [0.717, 1.165) is 29.7 Å². The summed E-state index contributed by atoms with van der Waals surface area (Å²) in [5.41, 5.74) is 2.46. The molecule has 1 fully saturated rings. The third-order valence-electron chi connectivity index (χ3n) is 4.12. The van der Waals surface area contributed by atoms with Crippen LogP contribution in [-0.2, 0) is 13.1 Å². The largest absolute Gasteiger partial charge is 0.308 e. The van der Waals surface area contributed by atoms with E-state index in [1.165, 1.54) is 5.69 Å². The monoisotopic (exact) mass is 333 g/mol. The maximum atomic E-state index is 6.24. The number of alkyl halides is 1. The van der Waals surface area contributed by atoms with Crippen LogP contribution < -0.4 is 5.32 Å². The Hall–Kier alpha value is -0.0600. The van der Waals surface area contributed by atoms with Gasteiger partial charge in [-0.15, -0.1) is 11.6 Å². The van der Waals surface area contributed by atoms with Crippen LogP contribution in [0, 0.1) is 12.3 Å². The molecular weight excluding hydrogens is 314 g/mol. The lowest BCUT2D eigenvalue weighted by Gasteiger charge is -2.49. The van der Waals surface area contributed by atoms with Crippen LogP contribution in [0.25, 0.3) is 0 Å². The molecule has 0 aliphatic heterocycles. The van der Waals surface area contributed by atoms with Crippen molar-refractivity contribution in [3.8, 4) is 0 Å². The van der Waals surface area contributed by atoms with Crippen LogP contribution in [0.5, 0.6) is 0 Å². The van der Waals surface area contributed by atoms with E-state index in [1.807, 2.05) is 6.92 Å². The van der Waals surface area contributed by atoms with E-state index in [4.69, 9.17) is 11.6 Å². The summed E-state index contributed by atoms with van der Waals surface area (Å²) in [4.78, 5) is 0. The minimum absolute atomic E-state index is 0.181. The number of halogens is 2. The number of nitrogens with one attached hydrogen (secondary N) is 1. The lowest BCUT2D eigenvalue weighted by molar-refractivity contribution is 0.115. The molecule has 0 bridgehead atoms. The molecule has 0 spiro atoms. The first-order valence-corrected chi connectivity index (χ1v) is 7.70. The van der Waals surface area contributed by atoms with Gasteiger partial charge >= 0.3 is 0 Å². The molecule has 0 radical (unpaired) electrons. The molecule has 0 aromatic carbocycles. The quantitative estimate of drug-likeness (QED) is 0.855. The average Bonchev–Trinajstić information content (AvgIpc) is 2.61. The fourth-order valence-electron chi connectivity index (χ4n) is 2.48. The zero-order valence-electron chi connectivity index (χ0n) is 11.4. The van der Waals surface area contributed by atoms with E-state index in [9.17, 15) is 0 Å². The number of aromatic nitrogens is 2. The number of aryl methyl sites for hydroxylation is 2. The standard InChI is InChI=1S/C13H21BrClN3/c1-5-18-9(12(14)8(2)17-18)7-16-11-6-10(15)13(11,3)4/h10-11,16H,5-7H2,1-4H3. The molecule has 1 aliphatic rings. The Morgan fingerprint density at radius 3 is 2.72 bits per heavy atom. The second-order valence-electron chi connectivity index (χ2n) is 5.62. The molecule has 102 valence electrons. The highest BCUT2D eigenvalue weighted by atomic mass is 79.9. The first-order valence-electron chi connectivity index (χ1n) is 6.47. The second kappa shape index (κ2) is 5.14. The van der Waals surface area contributed by atoms with E-state index >= 15 is 0 Å². The maximum Gasteiger partial charge on any atom is 0.0739 e. The Labute approximate surface area is 122 Å². The van der Waals surface area contributed by atoms with Crippen molar-refractivity contribution < 1.29 is 0 Å². The van der Waals surface area contributed by atoms with E-state index in [2.05, 4.69) is 51.8 Å². The zero-order chi connectivity index (χ0) is 13.5. The number of nitrogens with zero attached hydrogens (tertiary/aromatic N) is 2. The molecule has 1 aromatic rings. The van der Waals surface area contributed by atoms with Crippen LogP contribution in [0.2, 0.25) is 0 Å². The Morgan fingerprint density at radius 2 is 2.22 bits per heavy atom. The summed E-state index contributed by atoms with van der Waals surface area (Å²) in [5, 5.41) is 8.40. The molecule has 5 heteroatoms. The van der Waals surface area contributed by atoms with Crippen LogP contribution >= 0.6 is 27.5 Å².